The molecule has 1 N–H and O–H groups in total. The van der Waals surface area contributed by atoms with Crippen molar-refractivity contribution in [2.45, 2.75) is 13.0 Å². The lowest BCUT2D eigenvalue weighted by molar-refractivity contribution is 0.277. The third-order valence-electron chi connectivity index (χ3n) is 2.44. The van der Waals surface area contributed by atoms with Crippen LogP contribution in [0.2, 0.25) is 0 Å². The van der Waals surface area contributed by atoms with Gasteiger partial charge in [0.15, 0.2) is 0 Å². The molecule has 1 aromatic rings. The largest absolute Gasteiger partial charge is 0.390 e. The molecule has 0 saturated heterocycles. The Labute approximate surface area is 97.5 Å². The quantitative estimate of drug-likeness (QED) is 0.780. The number of pyridine rings is 1. The van der Waals surface area contributed by atoms with Crippen molar-refractivity contribution in [1.29, 1.82) is 0 Å². The van der Waals surface area contributed by atoms with E-state index in [0.29, 0.717) is 0 Å². The Morgan fingerprint density at radius 3 is 2.56 bits per heavy atom. The zero-order valence-corrected chi connectivity index (χ0v) is 10.3. The molecule has 0 amide bonds. The Bertz CT molecular complexity index is 315. The molecule has 0 aliphatic rings. The number of hydrogen-bond donors (Lipinski definition) is 1. The van der Waals surface area contributed by atoms with Crippen molar-refractivity contribution in [3.63, 3.8) is 0 Å². The first-order chi connectivity index (χ1) is 7.63. The highest BCUT2D eigenvalue weighted by molar-refractivity contribution is 5.37. The van der Waals surface area contributed by atoms with E-state index in [-0.39, 0.29) is 6.61 Å². The van der Waals surface area contributed by atoms with Crippen molar-refractivity contribution in [2.75, 3.05) is 39.1 Å². The molecule has 0 aromatic carbocycles. The van der Waals surface area contributed by atoms with Gasteiger partial charge in [0.05, 0.1) is 12.3 Å². The van der Waals surface area contributed by atoms with E-state index < -0.39 is 0 Å². The van der Waals surface area contributed by atoms with Gasteiger partial charge in [0.1, 0.15) is 5.82 Å². The lowest BCUT2D eigenvalue weighted by Crippen LogP contribution is -2.24. The zero-order chi connectivity index (χ0) is 12.0. The van der Waals surface area contributed by atoms with Crippen LogP contribution in [0, 0.1) is 0 Å². The minimum Gasteiger partial charge on any atom is -0.390 e. The molecule has 1 aromatic heterocycles. The second-order valence-corrected chi connectivity index (χ2v) is 4.22. The number of aliphatic hydroxyl groups excluding tert-OH is 1. The maximum atomic E-state index is 9.00. The molecule has 0 unspecified atom stereocenters. The molecule has 16 heavy (non-hydrogen) atoms. The molecule has 4 heteroatoms. The fourth-order valence-corrected chi connectivity index (χ4v) is 1.51. The number of nitrogens with zero attached hydrogens (tertiary/aromatic N) is 3. The van der Waals surface area contributed by atoms with Crippen LogP contribution in [-0.2, 0) is 6.61 Å². The van der Waals surface area contributed by atoms with Gasteiger partial charge in [-0.3, -0.25) is 0 Å². The fraction of sp³-hybridized carbons (Fsp3) is 0.583. The van der Waals surface area contributed by atoms with Gasteiger partial charge in [-0.15, -0.1) is 0 Å². The van der Waals surface area contributed by atoms with E-state index in [2.05, 4.69) is 28.9 Å². The number of anilines is 1. The Kier molecular flexibility index (Phi) is 5.22. The van der Waals surface area contributed by atoms with Crippen LogP contribution in [-0.4, -0.2) is 49.2 Å². The highest BCUT2D eigenvalue weighted by Crippen LogP contribution is 2.09. The van der Waals surface area contributed by atoms with Crippen molar-refractivity contribution in [1.82, 2.24) is 9.88 Å². The summed E-state index contributed by atoms with van der Waals surface area (Å²) in [6.45, 7) is 2.05. The smallest absolute Gasteiger partial charge is 0.128 e. The normalized spacial score (nSPS) is 10.8. The van der Waals surface area contributed by atoms with Gasteiger partial charge in [0.25, 0.3) is 0 Å². The molecule has 0 bridgehead atoms. The van der Waals surface area contributed by atoms with Gasteiger partial charge in [0.2, 0.25) is 0 Å². The molecule has 1 rings (SSSR count). The first kappa shape index (κ1) is 12.9. The predicted molar refractivity (Wildman–Crippen MR) is 66.6 cm³/mol. The summed E-state index contributed by atoms with van der Waals surface area (Å²) in [5.41, 5.74) is 0.719. The summed E-state index contributed by atoms with van der Waals surface area (Å²) in [6, 6.07) is 5.72. The lowest BCUT2D eigenvalue weighted by Gasteiger charge is -2.19. The summed E-state index contributed by atoms with van der Waals surface area (Å²) in [5, 5.41) is 9.00. The van der Waals surface area contributed by atoms with Crippen molar-refractivity contribution in [2.24, 2.45) is 0 Å². The molecule has 90 valence electrons. The third kappa shape index (κ3) is 4.16. The maximum absolute atomic E-state index is 9.00. The minimum atomic E-state index is -0.000617. The van der Waals surface area contributed by atoms with Crippen molar-refractivity contribution in [3.05, 3.63) is 23.9 Å². The second-order valence-electron chi connectivity index (χ2n) is 4.22. The summed E-state index contributed by atoms with van der Waals surface area (Å²) in [5.74, 6) is 0.922. The van der Waals surface area contributed by atoms with Crippen LogP contribution in [0.4, 0.5) is 5.82 Å². The molecular formula is C12H21N3O. The molecule has 0 aliphatic carbocycles. The van der Waals surface area contributed by atoms with E-state index in [0.717, 1.165) is 31.0 Å². The first-order valence-corrected chi connectivity index (χ1v) is 5.56. The maximum Gasteiger partial charge on any atom is 0.128 e. The van der Waals surface area contributed by atoms with E-state index >= 15 is 0 Å². The average Bonchev–Trinajstić information content (AvgIpc) is 2.28. The second kappa shape index (κ2) is 6.45. The van der Waals surface area contributed by atoms with Crippen LogP contribution in [0.15, 0.2) is 18.2 Å². The van der Waals surface area contributed by atoms with Gasteiger partial charge < -0.3 is 14.9 Å². The average molecular weight is 223 g/mol. The zero-order valence-electron chi connectivity index (χ0n) is 10.3. The van der Waals surface area contributed by atoms with E-state index in [4.69, 9.17) is 5.11 Å². The topological polar surface area (TPSA) is 39.6 Å². The Hall–Kier alpha value is -1.13. The number of rotatable bonds is 6. The summed E-state index contributed by atoms with van der Waals surface area (Å²) in [6.07, 6.45) is 1.11. The van der Waals surface area contributed by atoms with Gasteiger partial charge in [-0.05, 0) is 39.2 Å². The molecule has 0 radical (unpaired) electrons. The van der Waals surface area contributed by atoms with E-state index in [1.54, 1.807) is 0 Å². The Balaban J connectivity index is 2.48. The molecule has 0 spiro atoms. The van der Waals surface area contributed by atoms with Gasteiger partial charge in [-0.1, -0.05) is 6.07 Å². The van der Waals surface area contributed by atoms with Crippen molar-refractivity contribution in [3.8, 4) is 0 Å². The summed E-state index contributed by atoms with van der Waals surface area (Å²) < 4.78 is 0. The van der Waals surface area contributed by atoms with Crippen LogP contribution in [0.3, 0.4) is 0 Å². The van der Waals surface area contributed by atoms with Gasteiger partial charge in [-0.25, -0.2) is 4.98 Å². The summed E-state index contributed by atoms with van der Waals surface area (Å²) in [7, 11) is 6.18. The van der Waals surface area contributed by atoms with Crippen LogP contribution in [0.1, 0.15) is 12.1 Å². The third-order valence-corrected chi connectivity index (χ3v) is 2.44. The van der Waals surface area contributed by atoms with E-state index in [1.165, 1.54) is 0 Å². The Morgan fingerprint density at radius 2 is 1.94 bits per heavy atom. The number of aliphatic hydroxyl groups is 1. The van der Waals surface area contributed by atoms with Gasteiger partial charge in [-0.2, -0.15) is 0 Å². The number of hydrogen-bond acceptors (Lipinski definition) is 4. The Morgan fingerprint density at radius 1 is 1.19 bits per heavy atom. The standard InChI is InChI=1S/C12H21N3O/c1-14(2)8-5-9-15(3)12-7-4-6-11(10-16)13-12/h4,6-7,16H,5,8-10H2,1-3H3. The highest BCUT2D eigenvalue weighted by atomic mass is 16.3. The predicted octanol–water partition coefficient (Wildman–Crippen LogP) is 0.962. The summed E-state index contributed by atoms with van der Waals surface area (Å²) >= 11 is 0. The van der Waals surface area contributed by atoms with Crippen molar-refractivity contribution < 1.29 is 5.11 Å². The lowest BCUT2D eigenvalue weighted by atomic mass is 10.3. The van der Waals surface area contributed by atoms with Crippen LogP contribution in [0.5, 0.6) is 0 Å². The molecule has 1 heterocycles. The molecule has 0 atom stereocenters. The monoisotopic (exact) mass is 223 g/mol. The molecule has 0 aliphatic heterocycles. The molecule has 0 saturated carbocycles. The van der Waals surface area contributed by atoms with E-state index in [9.17, 15) is 0 Å². The van der Waals surface area contributed by atoms with E-state index in [1.807, 2.05) is 25.2 Å². The fourth-order valence-electron chi connectivity index (χ4n) is 1.51. The molecule has 0 fully saturated rings. The van der Waals surface area contributed by atoms with Crippen molar-refractivity contribution >= 4 is 5.82 Å². The van der Waals surface area contributed by atoms with Crippen LogP contribution < -0.4 is 4.90 Å². The van der Waals surface area contributed by atoms with Crippen LogP contribution >= 0.6 is 0 Å². The molecule has 4 nitrogen and oxygen atoms in total. The number of aromatic nitrogens is 1. The SMILES string of the molecule is CN(C)CCCN(C)c1cccc(CO)n1. The first-order valence-electron chi connectivity index (χ1n) is 5.56. The minimum absolute atomic E-state index is 0.000617. The van der Waals surface area contributed by atoms with Crippen LogP contribution in [0.25, 0.3) is 0 Å². The van der Waals surface area contributed by atoms with Gasteiger partial charge >= 0.3 is 0 Å². The highest BCUT2D eigenvalue weighted by Gasteiger charge is 2.03. The van der Waals surface area contributed by atoms with Gasteiger partial charge in [0, 0.05) is 13.6 Å². The summed E-state index contributed by atoms with van der Waals surface area (Å²) in [4.78, 5) is 8.64. The molecular weight excluding hydrogens is 202 g/mol.